The maximum absolute atomic E-state index is 13.0. The third kappa shape index (κ3) is 3.77. The maximum Gasteiger partial charge on any atom is 0.328 e. The van der Waals surface area contributed by atoms with Crippen LogP contribution in [-0.2, 0) is 15.1 Å². The van der Waals surface area contributed by atoms with E-state index in [9.17, 15) is 14.4 Å². The summed E-state index contributed by atoms with van der Waals surface area (Å²) in [6.45, 7) is 3.27. The summed E-state index contributed by atoms with van der Waals surface area (Å²) >= 11 is 0. The van der Waals surface area contributed by atoms with Crippen molar-refractivity contribution in [1.29, 1.82) is 0 Å². The zero-order valence-electron chi connectivity index (χ0n) is 16.6. The van der Waals surface area contributed by atoms with Crippen LogP contribution in [0.3, 0.4) is 0 Å². The molecule has 2 N–H and O–H groups in total. The Balaban J connectivity index is 1.49. The standard InChI is InChI=1S/C23H24N4O3/c28-20-23(19-11-5-2-6-12-19,21(29)25-22(30)24-20)27-16-14-26(15-17-27)13-7-10-18-8-3-1-4-9-18/h1-12H,13-17H2,(H2,24,25,28,29,30)/b10-7+. The van der Waals surface area contributed by atoms with Crippen molar-refractivity contribution < 1.29 is 14.4 Å². The molecular weight excluding hydrogens is 380 g/mol. The van der Waals surface area contributed by atoms with Crippen LogP contribution in [0.1, 0.15) is 11.1 Å². The Morgan fingerprint density at radius 3 is 1.97 bits per heavy atom. The van der Waals surface area contributed by atoms with Crippen molar-refractivity contribution in [2.45, 2.75) is 5.54 Å². The Morgan fingerprint density at radius 1 is 0.800 bits per heavy atom. The van der Waals surface area contributed by atoms with Crippen molar-refractivity contribution in [3.63, 3.8) is 0 Å². The van der Waals surface area contributed by atoms with Crippen LogP contribution in [-0.4, -0.2) is 60.4 Å². The number of benzene rings is 2. The van der Waals surface area contributed by atoms with E-state index in [1.165, 1.54) is 0 Å². The van der Waals surface area contributed by atoms with Gasteiger partial charge in [0.05, 0.1) is 0 Å². The zero-order valence-corrected chi connectivity index (χ0v) is 16.6. The van der Waals surface area contributed by atoms with Crippen molar-refractivity contribution in [2.75, 3.05) is 32.7 Å². The van der Waals surface area contributed by atoms with E-state index in [0.717, 1.165) is 12.1 Å². The van der Waals surface area contributed by atoms with Gasteiger partial charge >= 0.3 is 6.03 Å². The molecule has 0 atom stereocenters. The summed E-state index contributed by atoms with van der Waals surface area (Å²) < 4.78 is 0. The average molecular weight is 404 g/mol. The Labute approximate surface area is 175 Å². The minimum Gasteiger partial charge on any atom is -0.297 e. The number of rotatable bonds is 5. The SMILES string of the molecule is O=C1NC(=O)C(c2ccccc2)(N2CCN(C/C=C/c3ccccc3)CC2)C(=O)N1. The van der Waals surface area contributed by atoms with E-state index in [0.29, 0.717) is 31.7 Å². The predicted molar refractivity (Wildman–Crippen MR) is 113 cm³/mol. The van der Waals surface area contributed by atoms with Gasteiger partial charge in [-0.25, -0.2) is 4.79 Å². The Kier molecular flexibility index (Phi) is 5.74. The number of amides is 4. The van der Waals surface area contributed by atoms with Crippen molar-refractivity contribution in [2.24, 2.45) is 0 Å². The maximum atomic E-state index is 13.0. The van der Waals surface area contributed by atoms with Crippen molar-refractivity contribution in [3.05, 3.63) is 77.9 Å². The van der Waals surface area contributed by atoms with Crippen LogP contribution in [0.25, 0.3) is 6.08 Å². The molecule has 2 heterocycles. The van der Waals surface area contributed by atoms with E-state index in [2.05, 4.69) is 39.8 Å². The molecule has 2 aromatic carbocycles. The highest BCUT2D eigenvalue weighted by Gasteiger charge is 2.56. The summed E-state index contributed by atoms with van der Waals surface area (Å²) in [4.78, 5) is 41.8. The molecule has 0 aromatic heterocycles. The van der Waals surface area contributed by atoms with Gasteiger partial charge in [0.15, 0.2) is 0 Å². The van der Waals surface area contributed by atoms with Crippen LogP contribution in [0.4, 0.5) is 4.79 Å². The van der Waals surface area contributed by atoms with E-state index >= 15 is 0 Å². The van der Waals surface area contributed by atoms with Crippen LogP contribution in [0.2, 0.25) is 0 Å². The normalized spacial score (nSPS) is 20.2. The number of nitrogens with zero attached hydrogens (tertiary/aromatic N) is 2. The number of carbonyl (C=O) groups excluding carboxylic acids is 3. The van der Waals surface area contributed by atoms with Crippen molar-refractivity contribution in [3.8, 4) is 0 Å². The molecule has 0 unspecified atom stereocenters. The number of piperazine rings is 1. The molecule has 0 bridgehead atoms. The molecule has 4 rings (SSSR count). The van der Waals surface area contributed by atoms with Gasteiger partial charge in [0.2, 0.25) is 5.54 Å². The van der Waals surface area contributed by atoms with Gasteiger partial charge in [0.25, 0.3) is 11.8 Å². The summed E-state index contributed by atoms with van der Waals surface area (Å²) in [7, 11) is 0. The lowest BCUT2D eigenvalue weighted by molar-refractivity contribution is -0.150. The van der Waals surface area contributed by atoms with E-state index in [-0.39, 0.29) is 0 Å². The average Bonchev–Trinajstić information content (AvgIpc) is 2.76. The summed E-state index contributed by atoms with van der Waals surface area (Å²) in [5.74, 6) is -1.19. The van der Waals surface area contributed by atoms with Crippen LogP contribution in [0.15, 0.2) is 66.7 Å². The quantitative estimate of drug-likeness (QED) is 0.740. The second-order valence-electron chi connectivity index (χ2n) is 7.41. The van der Waals surface area contributed by atoms with Crippen LogP contribution in [0, 0.1) is 0 Å². The van der Waals surface area contributed by atoms with Crippen LogP contribution >= 0.6 is 0 Å². The third-order valence-electron chi connectivity index (χ3n) is 5.62. The van der Waals surface area contributed by atoms with E-state index < -0.39 is 23.4 Å². The van der Waals surface area contributed by atoms with Crippen molar-refractivity contribution >= 4 is 23.9 Å². The summed E-state index contributed by atoms with van der Waals surface area (Å²) in [5, 5.41) is 4.57. The number of imide groups is 2. The smallest absolute Gasteiger partial charge is 0.297 e. The number of hydrogen-bond acceptors (Lipinski definition) is 5. The molecular formula is C23H24N4O3. The third-order valence-corrected chi connectivity index (χ3v) is 5.62. The first-order valence-electron chi connectivity index (χ1n) is 10.0. The Hall–Kier alpha value is -3.29. The monoisotopic (exact) mass is 404 g/mol. The minimum atomic E-state index is -1.54. The Morgan fingerprint density at radius 2 is 1.37 bits per heavy atom. The number of barbiturate groups is 1. The first kappa shape index (κ1) is 20.0. The lowest BCUT2D eigenvalue weighted by Gasteiger charge is -2.46. The van der Waals surface area contributed by atoms with E-state index in [1.807, 2.05) is 29.2 Å². The number of hydrogen-bond donors (Lipinski definition) is 2. The lowest BCUT2D eigenvalue weighted by Crippen LogP contribution is -2.72. The molecule has 2 aliphatic heterocycles. The topological polar surface area (TPSA) is 81.8 Å². The molecule has 4 amide bonds. The fourth-order valence-corrected chi connectivity index (χ4v) is 4.10. The molecule has 7 heteroatoms. The minimum absolute atomic E-state index is 0.531. The molecule has 30 heavy (non-hydrogen) atoms. The fourth-order valence-electron chi connectivity index (χ4n) is 4.10. The molecule has 0 radical (unpaired) electrons. The lowest BCUT2D eigenvalue weighted by atomic mass is 9.84. The van der Waals surface area contributed by atoms with Crippen LogP contribution < -0.4 is 10.6 Å². The summed E-state index contributed by atoms with van der Waals surface area (Å²) in [6.07, 6.45) is 4.21. The molecule has 2 aliphatic rings. The molecule has 2 fully saturated rings. The van der Waals surface area contributed by atoms with E-state index in [1.54, 1.807) is 24.3 Å². The van der Waals surface area contributed by atoms with Gasteiger partial charge in [0, 0.05) is 32.7 Å². The summed E-state index contributed by atoms with van der Waals surface area (Å²) in [5.41, 5.74) is 0.172. The molecule has 7 nitrogen and oxygen atoms in total. The second kappa shape index (κ2) is 8.61. The highest BCUT2D eigenvalue weighted by Crippen LogP contribution is 2.32. The first-order chi connectivity index (χ1) is 14.6. The summed E-state index contributed by atoms with van der Waals surface area (Å²) in [6, 6.07) is 18.3. The number of nitrogens with one attached hydrogen (secondary N) is 2. The van der Waals surface area contributed by atoms with Crippen LogP contribution in [0.5, 0.6) is 0 Å². The number of carbonyl (C=O) groups is 3. The highest BCUT2D eigenvalue weighted by atomic mass is 16.2. The van der Waals surface area contributed by atoms with Gasteiger partial charge in [-0.05, 0) is 11.1 Å². The molecule has 2 saturated heterocycles. The van der Waals surface area contributed by atoms with Gasteiger partial charge in [0.1, 0.15) is 0 Å². The molecule has 154 valence electrons. The van der Waals surface area contributed by atoms with Crippen molar-refractivity contribution in [1.82, 2.24) is 20.4 Å². The van der Waals surface area contributed by atoms with Gasteiger partial charge in [-0.1, -0.05) is 72.8 Å². The predicted octanol–water partition coefficient (Wildman–Crippen LogP) is 1.58. The Bertz CT molecular complexity index is 931. The first-order valence-corrected chi connectivity index (χ1v) is 10.0. The molecule has 0 spiro atoms. The largest absolute Gasteiger partial charge is 0.328 e. The fraction of sp³-hybridized carbons (Fsp3) is 0.261. The van der Waals surface area contributed by atoms with Gasteiger partial charge < -0.3 is 0 Å². The van der Waals surface area contributed by atoms with E-state index in [4.69, 9.17) is 0 Å². The zero-order chi connectivity index (χ0) is 21.0. The molecule has 2 aromatic rings. The van der Waals surface area contributed by atoms with Gasteiger partial charge in [-0.3, -0.25) is 30.0 Å². The molecule has 0 saturated carbocycles. The highest BCUT2D eigenvalue weighted by molar-refractivity contribution is 6.22. The second-order valence-corrected chi connectivity index (χ2v) is 7.41. The van der Waals surface area contributed by atoms with Gasteiger partial charge in [-0.15, -0.1) is 0 Å². The molecule has 0 aliphatic carbocycles. The number of urea groups is 1. The van der Waals surface area contributed by atoms with Gasteiger partial charge in [-0.2, -0.15) is 0 Å².